The molecule has 0 spiro atoms. The largest absolute Gasteiger partial charge is 0.481 e. The maximum Gasteiger partial charge on any atom is 0.307 e. The highest BCUT2D eigenvalue weighted by molar-refractivity contribution is 7.19. The van der Waals surface area contributed by atoms with E-state index in [4.69, 9.17) is 5.11 Å². The van der Waals surface area contributed by atoms with Crippen LogP contribution in [0.1, 0.15) is 11.3 Å². The zero-order valence-corrected chi connectivity index (χ0v) is 8.83. The Hall–Kier alpha value is -1.61. The van der Waals surface area contributed by atoms with Gasteiger partial charge in [-0.2, -0.15) is 0 Å². The van der Waals surface area contributed by atoms with E-state index in [1.165, 1.54) is 10.1 Å². The molecular weight excluding hydrogens is 208 g/mol. The number of carbonyl (C=O) groups is 1. The van der Waals surface area contributed by atoms with E-state index in [0.717, 1.165) is 4.88 Å². The van der Waals surface area contributed by atoms with Gasteiger partial charge in [0.15, 0.2) is 0 Å². The summed E-state index contributed by atoms with van der Waals surface area (Å²) >= 11 is 1.67. The third-order valence-corrected chi connectivity index (χ3v) is 3.10. The fraction of sp³-hybridized carbons (Fsp3) is 0.0833. The molecule has 0 bridgehead atoms. The van der Waals surface area contributed by atoms with E-state index in [-0.39, 0.29) is 6.42 Å². The SMILES string of the molecule is O=C(O)CC=Cc1cc2ccccc2s1. The van der Waals surface area contributed by atoms with Gasteiger partial charge in [-0.1, -0.05) is 24.3 Å². The van der Waals surface area contributed by atoms with Crippen molar-refractivity contribution in [1.82, 2.24) is 0 Å². The Morgan fingerprint density at radius 2 is 2.20 bits per heavy atom. The third-order valence-electron chi connectivity index (χ3n) is 2.02. The normalized spacial score (nSPS) is 11.2. The van der Waals surface area contributed by atoms with Crippen molar-refractivity contribution in [3.05, 3.63) is 41.3 Å². The van der Waals surface area contributed by atoms with Gasteiger partial charge in [0.2, 0.25) is 0 Å². The predicted molar refractivity (Wildman–Crippen MR) is 63.1 cm³/mol. The summed E-state index contributed by atoms with van der Waals surface area (Å²) in [5, 5.41) is 9.69. The van der Waals surface area contributed by atoms with Crippen LogP contribution in [0.25, 0.3) is 16.2 Å². The van der Waals surface area contributed by atoms with Gasteiger partial charge in [-0.3, -0.25) is 4.79 Å². The van der Waals surface area contributed by atoms with E-state index in [2.05, 4.69) is 18.2 Å². The lowest BCUT2D eigenvalue weighted by Gasteiger charge is -1.83. The molecule has 0 saturated heterocycles. The van der Waals surface area contributed by atoms with Crippen LogP contribution in [0.15, 0.2) is 36.4 Å². The van der Waals surface area contributed by atoms with Gasteiger partial charge in [-0.05, 0) is 23.6 Å². The lowest BCUT2D eigenvalue weighted by molar-refractivity contribution is -0.135. The zero-order valence-electron chi connectivity index (χ0n) is 8.01. The Morgan fingerprint density at radius 1 is 1.40 bits per heavy atom. The number of thiophene rings is 1. The Bertz CT molecular complexity index is 478. The Labute approximate surface area is 91.5 Å². The van der Waals surface area contributed by atoms with Crippen molar-refractivity contribution in [2.45, 2.75) is 6.42 Å². The first-order valence-corrected chi connectivity index (χ1v) is 5.44. The monoisotopic (exact) mass is 218 g/mol. The smallest absolute Gasteiger partial charge is 0.307 e. The van der Waals surface area contributed by atoms with E-state index in [1.54, 1.807) is 17.4 Å². The second-order valence-electron chi connectivity index (χ2n) is 3.19. The summed E-state index contributed by atoms with van der Waals surface area (Å²) in [7, 11) is 0. The summed E-state index contributed by atoms with van der Waals surface area (Å²) in [6.45, 7) is 0. The molecule has 0 atom stereocenters. The number of carboxylic acids is 1. The summed E-state index contributed by atoms with van der Waals surface area (Å²) in [6.07, 6.45) is 3.61. The second-order valence-corrected chi connectivity index (χ2v) is 4.30. The minimum Gasteiger partial charge on any atom is -0.481 e. The van der Waals surface area contributed by atoms with Crippen LogP contribution >= 0.6 is 11.3 Å². The summed E-state index contributed by atoms with van der Waals surface area (Å²) in [5.41, 5.74) is 0. The molecule has 1 heterocycles. The fourth-order valence-electron chi connectivity index (χ4n) is 1.36. The molecule has 15 heavy (non-hydrogen) atoms. The molecule has 2 aromatic rings. The summed E-state index contributed by atoms with van der Waals surface area (Å²) in [4.78, 5) is 11.4. The molecule has 0 amide bonds. The Balaban J connectivity index is 2.22. The van der Waals surface area contributed by atoms with Gasteiger partial charge in [0, 0.05) is 9.58 Å². The summed E-state index contributed by atoms with van der Waals surface area (Å²) < 4.78 is 1.23. The summed E-state index contributed by atoms with van der Waals surface area (Å²) in [5.74, 6) is -0.799. The standard InChI is InChI=1S/C12H10O2S/c13-12(14)7-3-5-10-8-9-4-1-2-6-11(9)15-10/h1-6,8H,7H2,(H,13,14). The molecule has 0 aliphatic carbocycles. The van der Waals surface area contributed by atoms with E-state index < -0.39 is 5.97 Å². The third kappa shape index (κ3) is 2.44. The van der Waals surface area contributed by atoms with Crippen LogP contribution in [0.2, 0.25) is 0 Å². The van der Waals surface area contributed by atoms with Crippen LogP contribution in [-0.2, 0) is 4.79 Å². The van der Waals surface area contributed by atoms with Crippen LogP contribution in [0.5, 0.6) is 0 Å². The van der Waals surface area contributed by atoms with Crippen LogP contribution in [0, 0.1) is 0 Å². The van der Waals surface area contributed by atoms with E-state index in [9.17, 15) is 4.79 Å². The van der Waals surface area contributed by atoms with Gasteiger partial charge >= 0.3 is 5.97 Å². The lowest BCUT2D eigenvalue weighted by Crippen LogP contribution is -1.89. The summed E-state index contributed by atoms with van der Waals surface area (Å²) in [6, 6.07) is 10.2. The highest BCUT2D eigenvalue weighted by atomic mass is 32.1. The van der Waals surface area contributed by atoms with Gasteiger partial charge in [0.05, 0.1) is 6.42 Å². The molecule has 0 fully saturated rings. The van der Waals surface area contributed by atoms with Crippen LogP contribution in [0.4, 0.5) is 0 Å². The van der Waals surface area contributed by atoms with E-state index >= 15 is 0 Å². The van der Waals surface area contributed by atoms with Gasteiger partial charge in [0.25, 0.3) is 0 Å². The molecule has 76 valence electrons. The van der Waals surface area contributed by atoms with Gasteiger partial charge < -0.3 is 5.11 Å². The van der Waals surface area contributed by atoms with Gasteiger partial charge in [0.1, 0.15) is 0 Å². The molecule has 0 radical (unpaired) electrons. The number of hydrogen-bond donors (Lipinski definition) is 1. The van der Waals surface area contributed by atoms with Crippen molar-refractivity contribution < 1.29 is 9.90 Å². The molecule has 3 heteroatoms. The van der Waals surface area contributed by atoms with Crippen LogP contribution in [0.3, 0.4) is 0 Å². The van der Waals surface area contributed by atoms with Crippen molar-refractivity contribution in [1.29, 1.82) is 0 Å². The molecular formula is C12H10O2S. The van der Waals surface area contributed by atoms with Crippen molar-refractivity contribution in [2.75, 3.05) is 0 Å². The number of aliphatic carboxylic acids is 1. The number of hydrogen-bond acceptors (Lipinski definition) is 2. The number of rotatable bonds is 3. The second kappa shape index (κ2) is 4.28. The maximum absolute atomic E-state index is 10.3. The number of carboxylic acid groups (broad SMARTS) is 1. The van der Waals surface area contributed by atoms with Crippen LogP contribution < -0.4 is 0 Å². The van der Waals surface area contributed by atoms with Gasteiger partial charge in [-0.25, -0.2) is 0 Å². The minimum absolute atomic E-state index is 0.0776. The molecule has 0 aliphatic heterocycles. The average Bonchev–Trinajstić information content (AvgIpc) is 2.59. The first-order valence-electron chi connectivity index (χ1n) is 4.62. The molecule has 2 nitrogen and oxygen atoms in total. The minimum atomic E-state index is -0.799. The van der Waals surface area contributed by atoms with Crippen molar-refractivity contribution in [2.24, 2.45) is 0 Å². The first-order chi connectivity index (χ1) is 7.25. The fourth-order valence-corrected chi connectivity index (χ4v) is 2.36. The first kappa shape index (κ1) is 9.93. The molecule has 0 unspecified atom stereocenters. The molecule has 0 saturated carbocycles. The molecule has 1 aromatic carbocycles. The Kier molecular flexibility index (Phi) is 2.83. The maximum atomic E-state index is 10.3. The molecule has 1 aromatic heterocycles. The van der Waals surface area contributed by atoms with E-state index in [1.807, 2.05) is 18.2 Å². The number of benzene rings is 1. The highest BCUT2D eigenvalue weighted by Gasteiger charge is 1.97. The predicted octanol–water partition coefficient (Wildman–Crippen LogP) is 3.39. The van der Waals surface area contributed by atoms with E-state index in [0.29, 0.717) is 0 Å². The lowest BCUT2D eigenvalue weighted by atomic mass is 10.2. The molecule has 0 aliphatic rings. The quantitative estimate of drug-likeness (QED) is 0.857. The van der Waals surface area contributed by atoms with Crippen molar-refractivity contribution >= 4 is 33.5 Å². The molecule has 1 N–H and O–H groups in total. The topological polar surface area (TPSA) is 37.3 Å². The zero-order chi connectivity index (χ0) is 10.7. The van der Waals surface area contributed by atoms with Crippen LogP contribution in [-0.4, -0.2) is 11.1 Å². The number of fused-ring (bicyclic) bond motifs is 1. The van der Waals surface area contributed by atoms with Gasteiger partial charge in [-0.15, -0.1) is 11.3 Å². The van der Waals surface area contributed by atoms with Crippen molar-refractivity contribution in [3.63, 3.8) is 0 Å². The highest BCUT2D eigenvalue weighted by Crippen LogP contribution is 2.26. The average molecular weight is 218 g/mol. The Morgan fingerprint density at radius 3 is 2.93 bits per heavy atom. The molecule has 2 rings (SSSR count). The van der Waals surface area contributed by atoms with Crippen molar-refractivity contribution in [3.8, 4) is 0 Å².